The molecular weight excluding hydrogens is 606 g/mol. The van der Waals surface area contributed by atoms with Crippen LogP contribution in [0, 0.1) is 7.14 Å². The van der Waals surface area contributed by atoms with E-state index in [-0.39, 0.29) is 0 Å². The van der Waals surface area contributed by atoms with Gasteiger partial charge < -0.3 is 9.47 Å². The molecule has 4 rings (SSSR count). The summed E-state index contributed by atoms with van der Waals surface area (Å²) in [6, 6.07) is 25.0. The molecule has 0 saturated heterocycles. The van der Waals surface area contributed by atoms with Gasteiger partial charge >= 0.3 is 11.9 Å². The van der Waals surface area contributed by atoms with Crippen LogP contribution in [0.3, 0.4) is 0 Å². The molecule has 6 heteroatoms. The number of esters is 2. The van der Waals surface area contributed by atoms with Crippen LogP contribution in [0.2, 0.25) is 0 Å². The summed E-state index contributed by atoms with van der Waals surface area (Å²) in [5.41, 5.74) is 0.833. The van der Waals surface area contributed by atoms with Crippen molar-refractivity contribution in [2.75, 3.05) is 0 Å². The molecule has 0 bridgehead atoms. The van der Waals surface area contributed by atoms with E-state index in [1.54, 1.807) is 48.5 Å². The van der Waals surface area contributed by atoms with Crippen LogP contribution in [0.1, 0.15) is 20.7 Å². The molecule has 0 atom stereocenters. The molecule has 4 nitrogen and oxygen atoms in total. The van der Waals surface area contributed by atoms with Crippen molar-refractivity contribution < 1.29 is 19.1 Å². The zero-order valence-corrected chi connectivity index (χ0v) is 19.8. The van der Waals surface area contributed by atoms with Gasteiger partial charge in [-0.15, -0.1) is 0 Å². The minimum atomic E-state index is -0.474. The van der Waals surface area contributed by atoms with Gasteiger partial charge in [-0.1, -0.05) is 12.1 Å². The zero-order valence-electron chi connectivity index (χ0n) is 15.5. The van der Waals surface area contributed by atoms with E-state index >= 15 is 0 Å². The maximum Gasteiger partial charge on any atom is 0.343 e. The third-order valence-corrected chi connectivity index (χ3v) is 5.75. The number of carbonyl (C=O) groups excluding carboxylic acids is 2. The summed E-state index contributed by atoms with van der Waals surface area (Å²) in [5.74, 6) is -0.0988. The van der Waals surface area contributed by atoms with Gasteiger partial charge in [-0.25, -0.2) is 9.59 Å². The van der Waals surface area contributed by atoms with E-state index in [2.05, 4.69) is 51.2 Å². The fourth-order valence-electron chi connectivity index (χ4n) is 2.84. The van der Waals surface area contributed by atoms with E-state index < -0.39 is 11.9 Å². The Morgan fingerprint density at radius 1 is 0.533 bits per heavy atom. The average Bonchev–Trinajstić information content (AvgIpc) is 2.75. The van der Waals surface area contributed by atoms with Gasteiger partial charge in [0, 0.05) is 7.14 Å². The summed E-state index contributed by atoms with van der Waals surface area (Å²) in [7, 11) is 0. The standard InChI is InChI=1S/C24H14I2O4/c25-19-7-11-22(12-8-19)29-23(27)15-4-9-21(10-5-15)30-24(28)18-2-1-17-14-20(26)6-3-16(17)13-18/h1-14H. The van der Waals surface area contributed by atoms with Crippen molar-refractivity contribution in [2.24, 2.45) is 0 Å². The highest BCUT2D eigenvalue weighted by Crippen LogP contribution is 2.21. The molecule has 0 aliphatic heterocycles. The first kappa shape index (κ1) is 20.8. The number of carbonyl (C=O) groups is 2. The summed E-state index contributed by atoms with van der Waals surface area (Å²) < 4.78 is 13.0. The predicted octanol–water partition coefficient (Wildman–Crippen LogP) is 6.49. The van der Waals surface area contributed by atoms with Gasteiger partial charge in [0.2, 0.25) is 0 Å². The molecule has 0 amide bonds. The van der Waals surface area contributed by atoms with Crippen molar-refractivity contribution in [2.45, 2.75) is 0 Å². The second kappa shape index (κ2) is 9.13. The fraction of sp³-hybridized carbons (Fsp3) is 0. The number of hydrogen-bond acceptors (Lipinski definition) is 4. The second-order valence-electron chi connectivity index (χ2n) is 6.46. The van der Waals surface area contributed by atoms with Gasteiger partial charge in [0.15, 0.2) is 0 Å². The molecule has 0 aromatic heterocycles. The van der Waals surface area contributed by atoms with Gasteiger partial charge in [0.05, 0.1) is 11.1 Å². The van der Waals surface area contributed by atoms with Crippen molar-refractivity contribution in [1.29, 1.82) is 0 Å². The molecule has 0 spiro atoms. The van der Waals surface area contributed by atoms with Crippen molar-refractivity contribution in [3.63, 3.8) is 0 Å². The smallest absolute Gasteiger partial charge is 0.343 e. The highest BCUT2D eigenvalue weighted by atomic mass is 127. The van der Waals surface area contributed by atoms with Gasteiger partial charge in [-0.3, -0.25) is 0 Å². The predicted molar refractivity (Wildman–Crippen MR) is 132 cm³/mol. The maximum atomic E-state index is 12.5. The molecule has 30 heavy (non-hydrogen) atoms. The van der Waals surface area contributed by atoms with E-state index in [9.17, 15) is 9.59 Å². The van der Waals surface area contributed by atoms with E-state index in [1.165, 1.54) is 0 Å². The monoisotopic (exact) mass is 620 g/mol. The van der Waals surface area contributed by atoms with Crippen molar-refractivity contribution in [1.82, 2.24) is 0 Å². The Balaban J connectivity index is 1.43. The number of rotatable bonds is 4. The summed E-state index contributed by atoms with van der Waals surface area (Å²) in [4.78, 5) is 24.8. The maximum absolute atomic E-state index is 12.5. The minimum absolute atomic E-state index is 0.355. The third kappa shape index (κ3) is 4.99. The van der Waals surface area contributed by atoms with E-state index in [1.807, 2.05) is 30.3 Å². The van der Waals surface area contributed by atoms with Crippen molar-refractivity contribution >= 4 is 67.9 Å². The van der Waals surface area contributed by atoms with E-state index in [0.29, 0.717) is 22.6 Å². The molecule has 0 aliphatic carbocycles. The number of fused-ring (bicyclic) bond motifs is 1. The van der Waals surface area contributed by atoms with Crippen LogP contribution in [0.25, 0.3) is 10.8 Å². The summed E-state index contributed by atoms with van der Waals surface area (Å²) >= 11 is 4.44. The normalized spacial score (nSPS) is 10.6. The summed E-state index contributed by atoms with van der Waals surface area (Å²) in [6.45, 7) is 0. The Hall–Kier alpha value is -2.46. The van der Waals surface area contributed by atoms with Crippen molar-refractivity contribution in [3.05, 3.63) is 103 Å². The minimum Gasteiger partial charge on any atom is -0.423 e. The Labute approximate surface area is 200 Å². The lowest BCUT2D eigenvalue weighted by molar-refractivity contribution is 0.0730. The van der Waals surface area contributed by atoms with Crippen LogP contribution < -0.4 is 9.47 Å². The SMILES string of the molecule is O=C(Oc1ccc(I)cc1)c1ccc(OC(=O)c2ccc3cc(I)ccc3c2)cc1. The Morgan fingerprint density at radius 2 is 1.00 bits per heavy atom. The topological polar surface area (TPSA) is 52.6 Å². The molecular formula is C24H14I2O4. The molecule has 0 aliphatic rings. The van der Waals surface area contributed by atoms with Gasteiger partial charge in [0.25, 0.3) is 0 Å². The van der Waals surface area contributed by atoms with Crippen LogP contribution in [-0.2, 0) is 0 Å². The molecule has 0 unspecified atom stereocenters. The van der Waals surface area contributed by atoms with Crippen LogP contribution >= 0.6 is 45.2 Å². The first-order valence-electron chi connectivity index (χ1n) is 8.97. The number of benzene rings is 4. The molecule has 0 saturated carbocycles. The third-order valence-electron chi connectivity index (χ3n) is 4.36. The molecule has 4 aromatic rings. The highest BCUT2D eigenvalue weighted by Gasteiger charge is 2.12. The Kier molecular flexibility index (Phi) is 6.33. The molecule has 0 N–H and O–H groups in total. The Bertz CT molecular complexity index is 1230. The van der Waals surface area contributed by atoms with Crippen LogP contribution in [-0.4, -0.2) is 11.9 Å². The van der Waals surface area contributed by atoms with E-state index in [0.717, 1.165) is 17.9 Å². The van der Waals surface area contributed by atoms with Crippen LogP contribution in [0.15, 0.2) is 84.9 Å². The van der Waals surface area contributed by atoms with Gasteiger partial charge in [-0.2, -0.15) is 0 Å². The number of hydrogen-bond donors (Lipinski definition) is 0. The average molecular weight is 620 g/mol. The van der Waals surface area contributed by atoms with Crippen LogP contribution in [0.5, 0.6) is 11.5 Å². The Morgan fingerprint density at radius 3 is 1.67 bits per heavy atom. The lowest BCUT2D eigenvalue weighted by Gasteiger charge is -2.07. The summed E-state index contributed by atoms with van der Waals surface area (Å²) in [5, 5.41) is 2.04. The molecule has 4 aromatic carbocycles. The molecule has 0 fully saturated rings. The number of ether oxygens (including phenoxy) is 2. The first-order valence-corrected chi connectivity index (χ1v) is 11.1. The number of halogens is 2. The van der Waals surface area contributed by atoms with Crippen molar-refractivity contribution in [3.8, 4) is 11.5 Å². The van der Waals surface area contributed by atoms with Gasteiger partial charge in [0.1, 0.15) is 11.5 Å². The lowest BCUT2D eigenvalue weighted by atomic mass is 10.1. The fourth-order valence-corrected chi connectivity index (χ4v) is 3.71. The van der Waals surface area contributed by atoms with Gasteiger partial charge in [-0.05, 0) is 129 Å². The molecule has 148 valence electrons. The highest BCUT2D eigenvalue weighted by molar-refractivity contribution is 14.1. The molecule has 0 heterocycles. The lowest BCUT2D eigenvalue weighted by Crippen LogP contribution is -2.10. The summed E-state index contributed by atoms with van der Waals surface area (Å²) in [6.07, 6.45) is 0. The first-order chi connectivity index (χ1) is 14.5. The largest absolute Gasteiger partial charge is 0.423 e. The molecule has 0 radical (unpaired) electrons. The second-order valence-corrected chi connectivity index (χ2v) is 8.95. The zero-order chi connectivity index (χ0) is 21.1. The van der Waals surface area contributed by atoms with Crippen LogP contribution in [0.4, 0.5) is 0 Å². The quantitative estimate of drug-likeness (QED) is 0.149. The van der Waals surface area contributed by atoms with E-state index in [4.69, 9.17) is 9.47 Å².